The second-order valence-electron chi connectivity index (χ2n) is 22.3. The molecule has 3 nitrogen and oxygen atoms in total. The Hall–Kier alpha value is -4.37. The Kier molecular flexibility index (Phi) is 10.0. The highest BCUT2D eigenvalue weighted by molar-refractivity contribution is 5.90. The first-order valence-electron chi connectivity index (χ1n) is 24.6. The maximum absolute atomic E-state index is 6.65. The molecule has 8 bridgehead atoms. The van der Waals surface area contributed by atoms with Gasteiger partial charge in [0.2, 0.25) is 0 Å². The molecule has 8 aliphatic rings. The van der Waals surface area contributed by atoms with Crippen molar-refractivity contribution in [2.24, 2.45) is 41.4 Å². The van der Waals surface area contributed by atoms with E-state index in [0.29, 0.717) is 17.8 Å². The SMILES string of the molecule is COc1c(-c2ccc(C)cc2-c2cccc(-c3cc(C)ccc3-c3cc(C(C)C)cc(C45CC6CC(CC(C6)C4)C5)c3OC)n2)cc(C(C)C)cc1C1C2CC3CC(C2)CC1C3. The van der Waals surface area contributed by atoms with E-state index < -0.39 is 0 Å². The highest BCUT2D eigenvalue weighted by atomic mass is 16.5. The minimum Gasteiger partial charge on any atom is -0.496 e. The van der Waals surface area contributed by atoms with Crippen molar-refractivity contribution in [2.75, 3.05) is 14.2 Å². The van der Waals surface area contributed by atoms with Crippen LogP contribution >= 0.6 is 0 Å². The van der Waals surface area contributed by atoms with Crippen LogP contribution in [0.2, 0.25) is 0 Å². The minimum atomic E-state index is 0.217. The van der Waals surface area contributed by atoms with E-state index in [1.165, 1.54) is 137 Å². The fourth-order valence-electron chi connectivity index (χ4n) is 15.3. The summed E-state index contributed by atoms with van der Waals surface area (Å²) in [5.41, 5.74) is 17.6. The van der Waals surface area contributed by atoms with Gasteiger partial charge < -0.3 is 9.47 Å². The van der Waals surface area contributed by atoms with Crippen molar-refractivity contribution in [1.82, 2.24) is 4.98 Å². The molecule has 0 unspecified atom stereocenters. The number of hydrogen-bond donors (Lipinski definition) is 0. The third-order valence-electron chi connectivity index (χ3n) is 17.4. The molecule has 4 aromatic carbocycles. The highest BCUT2D eigenvalue weighted by Gasteiger charge is 2.53. The maximum Gasteiger partial charge on any atom is 0.130 e. The number of pyridine rings is 1. The second kappa shape index (κ2) is 15.4. The summed E-state index contributed by atoms with van der Waals surface area (Å²) in [6, 6.07) is 30.6. The molecular weight excluding hydrogens is 755 g/mol. The first-order valence-corrected chi connectivity index (χ1v) is 24.6. The number of rotatable bonds is 10. The lowest BCUT2D eigenvalue weighted by molar-refractivity contribution is -0.00616. The third-order valence-corrected chi connectivity index (χ3v) is 17.4. The number of ether oxygens (including phenoxy) is 2. The Labute approximate surface area is 372 Å². The van der Waals surface area contributed by atoms with Crippen molar-refractivity contribution in [3.05, 3.63) is 112 Å². The fraction of sp³-hybridized carbons (Fsp3) is 0.508. The van der Waals surface area contributed by atoms with E-state index in [9.17, 15) is 0 Å². The van der Waals surface area contributed by atoms with Gasteiger partial charge in [-0.1, -0.05) is 81.3 Å². The molecule has 3 heteroatoms. The monoisotopic (exact) mass is 824 g/mol. The Morgan fingerprint density at radius 3 is 1.45 bits per heavy atom. The molecule has 0 N–H and O–H groups in total. The number of methoxy groups -OCH3 is 2. The molecule has 0 atom stereocenters. The second-order valence-corrected chi connectivity index (χ2v) is 22.3. The molecule has 0 spiro atoms. The first kappa shape index (κ1) is 40.4. The van der Waals surface area contributed by atoms with Crippen molar-refractivity contribution >= 4 is 0 Å². The molecule has 62 heavy (non-hydrogen) atoms. The number of aryl methyl sites for hydroxylation is 2. The molecule has 0 radical (unpaired) electrons. The standard InChI is InChI=1S/C59H69NO2/c1-33(2)42-26-50(57(61-7)52(28-42)56-44-22-37-18-38(24-44)25-45(56)23-37)46-14-12-35(5)16-48(46)54-10-9-11-55(60-54)49-17-36(6)13-15-47(49)51-27-43(34(3)4)29-53(58(51)62-8)59-30-39-19-40(31-59)21-41(20-39)32-59/h9-17,26-29,33-34,37-41,44-45,56H,18-25,30-32H2,1-8H3. The lowest BCUT2D eigenvalue weighted by Crippen LogP contribution is -2.48. The van der Waals surface area contributed by atoms with E-state index in [2.05, 4.69) is 120 Å². The van der Waals surface area contributed by atoms with Gasteiger partial charge in [0, 0.05) is 27.8 Å². The lowest BCUT2D eigenvalue weighted by Gasteiger charge is -2.57. The molecule has 0 saturated heterocycles. The predicted molar refractivity (Wildman–Crippen MR) is 256 cm³/mol. The van der Waals surface area contributed by atoms with E-state index in [4.69, 9.17) is 14.5 Å². The topological polar surface area (TPSA) is 31.4 Å². The lowest BCUT2D eigenvalue weighted by atomic mass is 9.47. The van der Waals surface area contributed by atoms with Crippen LogP contribution in [-0.4, -0.2) is 19.2 Å². The van der Waals surface area contributed by atoms with E-state index in [1.54, 1.807) is 0 Å². The van der Waals surface area contributed by atoms with Crippen LogP contribution in [0.1, 0.15) is 149 Å². The van der Waals surface area contributed by atoms with Gasteiger partial charge in [-0.3, -0.25) is 0 Å². The summed E-state index contributed by atoms with van der Waals surface area (Å²) in [6.45, 7) is 13.8. The average Bonchev–Trinajstić information content (AvgIpc) is 3.24. The molecule has 5 aromatic rings. The zero-order valence-corrected chi connectivity index (χ0v) is 38.8. The predicted octanol–water partition coefficient (Wildman–Crippen LogP) is 15.6. The Morgan fingerprint density at radius 2 is 0.968 bits per heavy atom. The normalized spacial score (nSPS) is 29.3. The average molecular weight is 824 g/mol. The summed E-state index contributed by atoms with van der Waals surface area (Å²) in [5, 5.41) is 0. The van der Waals surface area contributed by atoms with Gasteiger partial charge in [-0.25, -0.2) is 4.98 Å². The fourth-order valence-corrected chi connectivity index (χ4v) is 15.3. The number of benzene rings is 4. The Balaban J connectivity index is 1.05. The van der Waals surface area contributed by atoms with Gasteiger partial charge in [-0.15, -0.1) is 0 Å². The molecule has 1 heterocycles. The largest absolute Gasteiger partial charge is 0.496 e. The maximum atomic E-state index is 6.65. The molecule has 8 saturated carbocycles. The molecule has 1 aromatic heterocycles. The van der Waals surface area contributed by atoms with Crippen LogP contribution < -0.4 is 9.47 Å². The summed E-state index contributed by atoms with van der Waals surface area (Å²) in [7, 11) is 3.83. The summed E-state index contributed by atoms with van der Waals surface area (Å²) in [6.07, 6.45) is 15.3. The Bertz CT molecular complexity index is 2480. The van der Waals surface area contributed by atoms with Crippen LogP contribution in [0.15, 0.2) is 78.9 Å². The summed E-state index contributed by atoms with van der Waals surface area (Å²) < 4.78 is 13.3. The van der Waals surface area contributed by atoms with Crippen molar-refractivity contribution < 1.29 is 9.47 Å². The number of nitrogens with zero attached hydrogens (tertiary/aromatic N) is 1. The molecular formula is C59H69NO2. The van der Waals surface area contributed by atoms with Gasteiger partial charge in [0.25, 0.3) is 0 Å². The number of aromatic nitrogens is 1. The highest BCUT2D eigenvalue weighted by Crippen LogP contribution is 2.64. The van der Waals surface area contributed by atoms with Crippen molar-refractivity contribution in [3.8, 4) is 56.3 Å². The van der Waals surface area contributed by atoms with Gasteiger partial charge in [0.15, 0.2) is 0 Å². The van der Waals surface area contributed by atoms with Crippen LogP contribution in [0.4, 0.5) is 0 Å². The smallest absolute Gasteiger partial charge is 0.130 e. The molecule has 13 rings (SSSR count). The van der Waals surface area contributed by atoms with E-state index >= 15 is 0 Å². The van der Waals surface area contributed by atoms with Gasteiger partial charge in [0.05, 0.1) is 25.6 Å². The molecule has 8 aliphatic carbocycles. The van der Waals surface area contributed by atoms with E-state index in [0.717, 1.165) is 64.3 Å². The first-order chi connectivity index (χ1) is 30.0. The molecule has 322 valence electrons. The quantitative estimate of drug-likeness (QED) is 0.141. The number of hydrogen-bond acceptors (Lipinski definition) is 3. The molecule has 8 fully saturated rings. The zero-order chi connectivity index (χ0) is 42.6. The van der Waals surface area contributed by atoms with Crippen LogP contribution in [0.5, 0.6) is 11.5 Å². The molecule has 0 amide bonds. The van der Waals surface area contributed by atoms with Crippen molar-refractivity contribution in [3.63, 3.8) is 0 Å². The van der Waals surface area contributed by atoms with Gasteiger partial charge >= 0.3 is 0 Å². The van der Waals surface area contributed by atoms with Crippen LogP contribution in [0, 0.1) is 55.3 Å². The van der Waals surface area contributed by atoms with Gasteiger partial charge in [0.1, 0.15) is 11.5 Å². The minimum absolute atomic E-state index is 0.217. The molecule has 0 aliphatic heterocycles. The zero-order valence-electron chi connectivity index (χ0n) is 38.8. The van der Waals surface area contributed by atoms with Gasteiger partial charge in [-0.05, 0) is 213 Å². The van der Waals surface area contributed by atoms with Crippen LogP contribution in [-0.2, 0) is 5.41 Å². The van der Waals surface area contributed by atoms with Crippen molar-refractivity contribution in [1.29, 1.82) is 0 Å². The summed E-state index contributed by atoms with van der Waals surface area (Å²) >= 11 is 0. The third kappa shape index (κ3) is 6.77. The van der Waals surface area contributed by atoms with Crippen LogP contribution in [0.25, 0.3) is 44.8 Å². The van der Waals surface area contributed by atoms with E-state index in [1.807, 2.05) is 14.2 Å². The Morgan fingerprint density at radius 1 is 0.500 bits per heavy atom. The van der Waals surface area contributed by atoms with Gasteiger partial charge in [-0.2, -0.15) is 0 Å². The summed E-state index contributed by atoms with van der Waals surface area (Å²) in [4.78, 5) is 5.66. The summed E-state index contributed by atoms with van der Waals surface area (Å²) in [5.74, 6) is 9.60. The van der Waals surface area contributed by atoms with E-state index in [-0.39, 0.29) is 5.41 Å². The van der Waals surface area contributed by atoms with Crippen LogP contribution in [0.3, 0.4) is 0 Å². The van der Waals surface area contributed by atoms with Crippen molar-refractivity contribution in [2.45, 2.75) is 135 Å².